The van der Waals surface area contributed by atoms with Gasteiger partial charge < -0.3 is 5.73 Å². The van der Waals surface area contributed by atoms with Gasteiger partial charge in [-0.1, -0.05) is 18.2 Å². The minimum atomic E-state index is -0.116. The Kier molecular flexibility index (Phi) is 2.52. The third-order valence-electron chi connectivity index (χ3n) is 3.32. The fourth-order valence-electron chi connectivity index (χ4n) is 2.32. The van der Waals surface area contributed by atoms with E-state index in [2.05, 4.69) is 9.97 Å². The van der Waals surface area contributed by atoms with E-state index in [4.69, 9.17) is 5.73 Å². The smallest absolute Gasteiger partial charge is 0.236 e. The van der Waals surface area contributed by atoms with Crippen molar-refractivity contribution in [2.24, 2.45) is 0 Å². The normalized spacial score (nSPS) is 11.2. The lowest BCUT2D eigenvalue weighted by molar-refractivity contribution is 0.104. The molecule has 0 unspecified atom stereocenters. The van der Waals surface area contributed by atoms with E-state index in [1.165, 1.54) is 11.3 Å². The van der Waals surface area contributed by atoms with E-state index >= 15 is 0 Å². The summed E-state index contributed by atoms with van der Waals surface area (Å²) in [5.41, 5.74) is 8.06. The summed E-state index contributed by atoms with van der Waals surface area (Å²) in [4.78, 5) is 21.8. The van der Waals surface area contributed by atoms with Crippen LogP contribution in [-0.2, 0) is 0 Å². The highest BCUT2D eigenvalue weighted by atomic mass is 32.1. The summed E-state index contributed by atoms with van der Waals surface area (Å²) in [5, 5.41) is 1.86. The predicted octanol–water partition coefficient (Wildman–Crippen LogP) is 2.76. The summed E-state index contributed by atoms with van der Waals surface area (Å²) >= 11 is 1.39. The van der Waals surface area contributed by atoms with Crippen molar-refractivity contribution in [1.82, 2.24) is 14.4 Å². The van der Waals surface area contributed by atoms with E-state index in [0.717, 1.165) is 11.0 Å². The largest absolute Gasteiger partial charge is 0.383 e. The maximum Gasteiger partial charge on any atom is 0.236 e. The Morgan fingerprint density at radius 1 is 1.14 bits per heavy atom. The van der Waals surface area contributed by atoms with Gasteiger partial charge in [-0.25, -0.2) is 4.98 Å². The SMILES string of the molecule is Nc1nc2nc3ccccc3n2cc1C(=O)c1cccs1. The first-order valence-electron chi connectivity index (χ1n) is 6.35. The molecule has 1 aromatic carbocycles. The number of imidazole rings is 1. The van der Waals surface area contributed by atoms with Gasteiger partial charge in [-0.05, 0) is 23.6 Å². The van der Waals surface area contributed by atoms with E-state index in [0.29, 0.717) is 16.2 Å². The average Bonchev–Trinajstić information content (AvgIpc) is 3.13. The van der Waals surface area contributed by atoms with Gasteiger partial charge in [0.15, 0.2) is 0 Å². The van der Waals surface area contributed by atoms with Crippen molar-refractivity contribution in [1.29, 1.82) is 0 Å². The molecule has 21 heavy (non-hydrogen) atoms. The van der Waals surface area contributed by atoms with Crippen LogP contribution in [0, 0.1) is 0 Å². The zero-order valence-corrected chi connectivity index (χ0v) is 11.7. The number of hydrogen-bond acceptors (Lipinski definition) is 5. The average molecular weight is 294 g/mol. The molecule has 4 aromatic rings. The second-order valence-electron chi connectivity index (χ2n) is 4.62. The quantitative estimate of drug-likeness (QED) is 0.577. The molecular formula is C15H10N4OS. The molecule has 102 valence electrons. The van der Waals surface area contributed by atoms with Crippen molar-refractivity contribution < 1.29 is 4.79 Å². The van der Waals surface area contributed by atoms with Crippen molar-refractivity contribution in [2.45, 2.75) is 0 Å². The highest BCUT2D eigenvalue weighted by molar-refractivity contribution is 7.12. The molecule has 0 fully saturated rings. The minimum absolute atomic E-state index is 0.116. The van der Waals surface area contributed by atoms with Crippen molar-refractivity contribution in [3.05, 3.63) is 58.4 Å². The molecule has 4 rings (SSSR count). The maximum atomic E-state index is 12.5. The Morgan fingerprint density at radius 2 is 2.00 bits per heavy atom. The van der Waals surface area contributed by atoms with Crippen molar-refractivity contribution in [2.75, 3.05) is 5.73 Å². The number of nitrogens with zero attached hydrogens (tertiary/aromatic N) is 3. The van der Waals surface area contributed by atoms with Gasteiger partial charge in [-0.15, -0.1) is 11.3 Å². The molecule has 3 heterocycles. The summed E-state index contributed by atoms with van der Waals surface area (Å²) in [5.74, 6) is 0.585. The molecule has 0 amide bonds. The molecule has 0 atom stereocenters. The summed E-state index contributed by atoms with van der Waals surface area (Å²) < 4.78 is 1.80. The van der Waals surface area contributed by atoms with E-state index in [9.17, 15) is 4.79 Å². The molecule has 0 bridgehead atoms. The lowest BCUT2D eigenvalue weighted by Crippen LogP contribution is -2.08. The summed E-state index contributed by atoms with van der Waals surface area (Å²) in [6.45, 7) is 0. The van der Waals surface area contributed by atoms with Crippen LogP contribution in [-0.4, -0.2) is 20.2 Å². The van der Waals surface area contributed by atoms with Gasteiger partial charge in [0.05, 0.1) is 21.5 Å². The molecule has 0 aliphatic carbocycles. The fraction of sp³-hybridized carbons (Fsp3) is 0. The lowest BCUT2D eigenvalue weighted by atomic mass is 10.2. The molecule has 0 aliphatic heterocycles. The number of thiophene rings is 1. The first-order chi connectivity index (χ1) is 10.2. The van der Waals surface area contributed by atoms with Gasteiger partial charge in [0.25, 0.3) is 0 Å². The van der Waals surface area contributed by atoms with Crippen LogP contribution in [0.3, 0.4) is 0 Å². The molecule has 6 heteroatoms. The van der Waals surface area contributed by atoms with Crippen LogP contribution in [0.2, 0.25) is 0 Å². The Balaban J connectivity index is 1.99. The van der Waals surface area contributed by atoms with E-state index in [1.54, 1.807) is 16.7 Å². The summed E-state index contributed by atoms with van der Waals surface area (Å²) in [6.07, 6.45) is 1.72. The topological polar surface area (TPSA) is 73.3 Å². The molecule has 2 N–H and O–H groups in total. The Morgan fingerprint density at radius 3 is 2.81 bits per heavy atom. The molecule has 5 nitrogen and oxygen atoms in total. The maximum absolute atomic E-state index is 12.5. The van der Waals surface area contributed by atoms with Gasteiger partial charge in [0, 0.05) is 6.20 Å². The Labute approximate surface area is 123 Å². The van der Waals surface area contributed by atoms with Crippen molar-refractivity contribution in [3.63, 3.8) is 0 Å². The second-order valence-corrected chi connectivity index (χ2v) is 5.56. The van der Waals surface area contributed by atoms with Crippen LogP contribution < -0.4 is 5.73 Å². The van der Waals surface area contributed by atoms with Crippen LogP contribution in [0.5, 0.6) is 0 Å². The molecule has 0 saturated heterocycles. The first-order valence-corrected chi connectivity index (χ1v) is 7.23. The van der Waals surface area contributed by atoms with E-state index in [-0.39, 0.29) is 11.6 Å². The van der Waals surface area contributed by atoms with Gasteiger partial charge in [0.2, 0.25) is 11.6 Å². The highest BCUT2D eigenvalue weighted by Crippen LogP contribution is 2.22. The fourth-order valence-corrected chi connectivity index (χ4v) is 2.99. The molecular weight excluding hydrogens is 284 g/mol. The highest BCUT2D eigenvalue weighted by Gasteiger charge is 2.17. The number of carbonyl (C=O) groups excluding carboxylic acids is 1. The van der Waals surface area contributed by atoms with Gasteiger partial charge in [-0.3, -0.25) is 9.20 Å². The van der Waals surface area contributed by atoms with Crippen LogP contribution >= 0.6 is 11.3 Å². The van der Waals surface area contributed by atoms with E-state index < -0.39 is 0 Å². The zero-order chi connectivity index (χ0) is 14.4. The molecule has 0 aliphatic rings. The van der Waals surface area contributed by atoms with Gasteiger partial charge in [0.1, 0.15) is 5.82 Å². The Hall–Kier alpha value is -2.73. The van der Waals surface area contributed by atoms with Crippen molar-refractivity contribution >= 4 is 39.7 Å². The molecule has 0 saturated carbocycles. The Bertz CT molecular complexity index is 972. The zero-order valence-electron chi connectivity index (χ0n) is 10.9. The van der Waals surface area contributed by atoms with Crippen LogP contribution in [0.15, 0.2) is 48.0 Å². The van der Waals surface area contributed by atoms with Crippen molar-refractivity contribution in [3.8, 4) is 0 Å². The number of anilines is 1. The van der Waals surface area contributed by atoms with Crippen LogP contribution in [0.25, 0.3) is 16.8 Å². The number of nitrogens with two attached hydrogens (primary N) is 1. The lowest BCUT2D eigenvalue weighted by Gasteiger charge is -2.04. The standard InChI is InChI=1S/C15H10N4OS/c16-14-9(13(20)12-6-3-7-21-12)8-19-11-5-2-1-4-10(11)17-15(19)18-14/h1-8H,(H2,16,17,18). The summed E-state index contributed by atoms with van der Waals surface area (Å²) in [6, 6.07) is 11.3. The number of nitrogen functional groups attached to an aromatic ring is 1. The van der Waals surface area contributed by atoms with Crippen LogP contribution in [0.1, 0.15) is 15.2 Å². The first kappa shape index (κ1) is 12.0. The number of ketones is 1. The predicted molar refractivity (Wildman–Crippen MR) is 82.7 cm³/mol. The monoisotopic (exact) mass is 294 g/mol. The van der Waals surface area contributed by atoms with Crippen LogP contribution in [0.4, 0.5) is 5.82 Å². The van der Waals surface area contributed by atoms with E-state index in [1.807, 2.05) is 35.7 Å². The number of fused-ring (bicyclic) bond motifs is 3. The minimum Gasteiger partial charge on any atom is -0.383 e. The third-order valence-corrected chi connectivity index (χ3v) is 4.19. The number of hydrogen-bond donors (Lipinski definition) is 1. The second kappa shape index (κ2) is 4.39. The van der Waals surface area contributed by atoms with Gasteiger partial charge in [-0.2, -0.15) is 4.98 Å². The number of rotatable bonds is 2. The number of para-hydroxylation sites is 2. The van der Waals surface area contributed by atoms with Gasteiger partial charge >= 0.3 is 0 Å². The number of carbonyl (C=O) groups is 1. The summed E-state index contributed by atoms with van der Waals surface area (Å²) in [7, 11) is 0. The number of aromatic nitrogens is 3. The number of benzene rings is 1. The molecule has 3 aromatic heterocycles. The third kappa shape index (κ3) is 1.80. The molecule has 0 spiro atoms. The molecule has 0 radical (unpaired) electrons.